The van der Waals surface area contributed by atoms with Crippen LogP contribution in [0.5, 0.6) is 0 Å². The molecule has 2 aromatic heterocycles. The highest BCUT2D eigenvalue weighted by Gasteiger charge is 2.29. The topological polar surface area (TPSA) is 163 Å². The fraction of sp³-hybridized carbons (Fsp3) is 0.227. The highest BCUT2D eigenvalue weighted by atomic mass is 35.5. The summed E-state index contributed by atoms with van der Waals surface area (Å²) in [6, 6.07) is 31.8. The maximum absolute atomic E-state index is 13.0. The van der Waals surface area contributed by atoms with E-state index in [2.05, 4.69) is 26.1 Å². The molecule has 2 atom stereocenters. The summed E-state index contributed by atoms with van der Waals surface area (Å²) in [6.07, 6.45) is 10.5. The Morgan fingerprint density at radius 1 is 0.661 bits per heavy atom. The van der Waals surface area contributed by atoms with Crippen LogP contribution in [-0.2, 0) is 9.59 Å². The van der Waals surface area contributed by atoms with E-state index in [1.54, 1.807) is 106 Å². The highest BCUT2D eigenvalue weighted by molar-refractivity contribution is 6.31. The number of hydrogen-bond donors (Lipinski definition) is 4. The zero-order valence-electron chi connectivity index (χ0n) is 32.1. The predicted octanol–water partition coefficient (Wildman–Crippen LogP) is 7.87. The number of carbonyl (C=O) groups is 4. The van der Waals surface area contributed by atoms with Crippen LogP contribution in [0, 0.1) is 11.8 Å². The summed E-state index contributed by atoms with van der Waals surface area (Å²) in [5, 5.41) is 27.3. The average Bonchev–Trinajstić information content (AvgIpc) is 4.03. The third-order valence-corrected chi connectivity index (χ3v) is 10.2. The Balaban J connectivity index is 0.000000164. The lowest BCUT2D eigenvalue weighted by Gasteiger charge is -2.32. The van der Waals surface area contributed by atoms with Crippen LogP contribution in [0.4, 0.5) is 11.4 Å². The van der Waals surface area contributed by atoms with E-state index in [4.69, 9.17) is 28.3 Å². The second kappa shape index (κ2) is 20.9. The number of anilines is 2. The number of likely N-dealkylation sites (tertiary alicyclic amines) is 1. The second-order valence-corrected chi connectivity index (χ2v) is 14.8. The van der Waals surface area contributed by atoms with Crippen molar-refractivity contribution in [1.29, 1.82) is 0 Å². The lowest BCUT2D eigenvalue weighted by atomic mass is 9.96. The molecule has 4 aromatic carbocycles. The molecule has 2 saturated heterocycles. The molecular weight excluding hydrogens is 791 g/mol. The summed E-state index contributed by atoms with van der Waals surface area (Å²) in [5.74, 6) is -1.13. The fourth-order valence-corrected chi connectivity index (χ4v) is 6.85. The average molecular weight is 836 g/mol. The fourth-order valence-electron chi connectivity index (χ4n) is 6.59. The van der Waals surface area contributed by atoms with E-state index in [1.165, 1.54) is 0 Å². The van der Waals surface area contributed by atoms with Crippen LogP contribution in [0.15, 0.2) is 134 Å². The van der Waals surface area contributed by atoms with Gasteiger partial charge in [0.05, 0.1) is 28.8 Å². The number of carboxylic acid groups (broad SMARTS) is 1. The Morgan fingerprint density at radius 3 is 1.69 bits per heavy atom. The summed E-state index contributed by atoms with van der Waals surface area (Å²) in [5.41, 5.74) is 3.94. The molecular formula is C44H44Cl2N8O5. The number of amides is 3. The van der Waals surface area contributed by atoms with Gasteiger partial charge in [0.2, 0.25) is 11.8 Å². The van der Waals surface area contributed by atoms with Gasteiger partial charge in [-0.25, -0.2) is 14.2 Å². The van der Waals surface area contributed by atoms with E-state index in [9.17, 15) is 19.2 Å². The van der Waals surface area contributed by atoms with Crippen LogP contribution < -0.4 is 16.0 Å². The van der Waals surface area contributed by atoms with Gasteiger partial charge in [0, 0.05) is 71.4 Å². The Morgan fingerprint density at radius 2 is 1.19 bits per heavy atom. The third kappa shape index (κ3) is 12.4. The van der Waals surface area contributed by atoms with Crippen molar-refractivity contribution in [3.8, 4) is 11.4 Å². The molecule has 2 aliphatic heterocycles. The predicted molar refractivity (Wildman–Crippen MR) is 228 cm³/mol. The van der Waals surface area contributed by atoms with Crippen molar-refractivity contribution in [3.63, 3.8) is 0 Å². The molecule has 0 aliphatic carbocycles. The zero-order valence-corrected chi connectivity index (χ0v) is 33.6. The molecule has 2 unspecified atom stereocenters. The van der Waals surface area contributed by atoms with Crippen molar-refractivity contribution in [1.82, 2.24) is 29.8 Å². The molecule has 4 heterocycles. The van der Waals surface area contributed by atoms with Gasteiger partial charge in [-0.2, -0.15) is 10.2 Å². The van der Waals surface area contributed by atoms with Gasteiger partial charge >= 0.3 is 5.97 Å². The van der Waals surface area contributed by atoms with Gasteiger partial charge in [-0.05, 0) is 129 Å². The molecule has 3 amide bonds. The largest absolute Gasteiger partial charge is 0.478 e. The van der Waals surface area contributed by atoms with Gasteiger partial charge in [-0.1, -0.05) is 35.3 Å². The minimum Gasteiger partial charge on any atom is -0.478 e. The van der Waals surface area contributed by atoms with E-state index >= 15 is 0 Å². The van der Waals surface area contributed by atoms with E-state index in [1.807, 2.05) is 42.6 Å². The Labute approximate surface area is 351 Å². The summed E-state index contributed by atoms with van der Waals surface area (Å²) < 4.78 is 3.34. The molecule has 6 aromatic rings. The molecule has 4 N–H and O–H groups in total. The second-order valence-electron chi connectivity index (χ2n) is 13.9. The number of carboxylic acids is 1. The molecule has 0 saturated carbocycles. The summed E-state index contributed by atoms with van der Waals surface area (Å²) in [4.78, 5) is 50.0. The van der Waals surface area contributed by atoms with Gasteiger partial charge in [0.15, 0.2) is 0 Å². The first-order valence-electron chi connectivity index (χ1n) is 19.2. The van der Waals surface area contributed by atoms with Crippen molar-refractivity contribution in [2.45, 2.75) is 25.7 Å². The lowest BCUT2D eigenvalue weighted by molar-refractivity contribution is -0.121. The maximum Gasteiger partial charge on any atom is 0.335 e. The van der Waals surface area contributed by atoms with E-state index in [0.717, 1.165) is 55.8 Å². The molecule has 2 fully saturated rings. The first-order valence-corrected chi connectivity index (χ1v) is 19.9. The number of rotatable bonds is 8. The van der Waals surface area contributed by atoms with Gasteiger partial charge in [0.1, 0.15) is 0 Å². The van der Waals surface area contributed by atoms with Crippen molar-refractivity contribution in [3.05, 3.63) is 155 Å². The Hall–Kier alpha value is -6.28. The first-order chi connectivity index (χ1) is 28.6. The number of piperidine rings is 2. The number of benzene rings is 4. The van der Waals surface area contributed by atoms with Crippen molar-refractivity contribution < 1.29 is 24.3 Å². The van der Waals surface area contributed by atoms with Crippen LogP contribution >= 0.6 is 23.2 Å². The Bertz CT molecular complexity index is 2300. The normalized spacial score (nSPS) is 16.0. The summed E-state index contributed by atoms with van der Waals surface area (Å²) in [6.45, 7) is 2.85. The molecule has 0 spiro atoms. The minimum atomic E-state index is -0.931. The lowest BCUT2D eigenvalue weighted by Crippen LogP contribution is -2.43. The number of hydrogen-bond acceptors (Lipinski definition) is 7. The molecule has 8 rings (SSSR count). The number of halogens is 2. The third-order valence-electron chi connectivity index (χ3n) is 9.69. The minimum absolute atomic E-state index is 0.0667. The molecule has 304 valence electrons. The van der Waals surface area contributed by atoms with Crippen LogP contribution in [0.2, 0.25) is 10.0 Å². The van der Waals surface area contributed by atoms with Gasteiger partial charge in [-0.3, -0.25) is 14.4 Å². The quantitative estimate of drug-likeness (QED) is 0.120. The number of nitrogens with one attached hydrogen (secondary N) is 3. The number of aromatic carboxylic acids is 1. The molecule has 2 aliphatic rings. The smallest absolute Gasteiger partial charge is 0.335 e. The van der Waals surface area contributed by atoms with E-state index in [-0.39, 0.29) is 35.1 Å². The van der Waals surface area contributed by atoms with Crippen LogP contribution in [0.25, 0.3) is 11.4 Å². The Kier molecular flexibility index (Phi) is 15.0. The van der Waals surface area contributed by atoms with Crippen molar-refractivity contribution >= 4 is 58.3 Å². The van der Waals surface area contributed by atoms with Crippen LogP contribution in [0.3, 0.4) is 0 Å². The molecule has 15 heteroatoms. The van der Waals surface area contributed by atoms with Crippen LogP contribution in [0.1, 0.15) is 46.4 Å². The van der Waals surface area contributed by atoms with Crippen molar-refractivity contribution in [2.75, 3.05) is 36.8 Å². The van der Waals surface area contributed by atoms with Crippen molar-refractivity contribution in [2.24, 2.45) is 11.8 Å². The molecule has 0 bridgehead atoms. The molecule has 0 radical (unpaired) electrons. The summed E-state index contributed by atoms with van der Waals surface area (Å²) >= 11 is 11.7. The number of aromatic nitrogens is 4. The maximum atomic E-state index is 13.0. The van der Waals surface area contributed by atoms with Gasteiger partial charge in [0.25, 0.3) is 5.91 Å². The van der Waals surface area contributed by atoms with Gasteiger partial charge in [-0.15, -0.1) is 0 Å². The highest BCUT2D eigenvalue weighted by Crippen LogP contribution is 2.23. The zero-order chi connectivity index (χ0) is 41.6. The number of carbonyl (C=O) groups excluding carboxylic acids is 3. The van der Waals surface area contributed by atoms with Crippen LogP contribution in [-0.4, -0.2) is 79.4 Å². The standard InChI is InChI=1S/C22H21ClN4O2.C12H15ClN2O.C10H8N2O2/c23-18-7-9-19(10-8-18)25-21(28)17-5-2-12-26(15-17)22(29)16-4-1-6-20(14-16)27-13-3-11-24-27;13-10-3-5-11(6-4-10)15-12(16)9-2-1-7-14-8-9;13-10(14)8-3-1-4-9(7-8)12-6-2-5-11-12/h1,3-4,6-11,13-14,17H,2,5,12,15H2,(H,25,28);3-6,9,14H,1-2,7-8H2,(H,15,16);1-7H,(H,13,14). The molecule has 13 nitrogen and oxygen atoms in total. The van der Waals surface area contributed by atoms with Gasteiger partial charge < -0.3 is 26.0 Å². The van der Waals surface area contributed by atoms with E-state index in [0.29, 0.717) is 34.4 Å². The SMILES string of the molecule is O=C(Nc1ccc(Cl)cc1)C1CCCN(C(=O)c2cccc(-n3cccn3)c2)C1.O=C(Nc1ccc(Cl)cc1)C1CCCNC1.O=C(O)c1cccc(-n2cccn2)c1. The van der Waals surface area contributed by atoms with E-state index < -0.39 is 5.97 Å². The first kappa shape index (κ1) is 42.3. The monoisotopic (exact) mass is 834 g/mol. The summed E-state index contributed by atoms with van der Waals surface area (Å²) in [7, 11) is 0. The molecule has 59 heavy (non-hydrogen) atoms. The number of nitrogens with zero attached hydrogens (tertiary/aromatic N) is 5.